The minimum absolute atomic E-state index is 0.799. The third-order valence-electron chi connectivity index (χ3n) is 3.36. The van der Waals surface area contributed by atoms with Crippen molar-refractivity contribution in [3.8, 4) is 0 Å². The van der Waals surface area contributed by atoms with Gasteiger partial charge < -0.3 is 5.32 Å². The van der Waals surface area contributed by atoms with Crippen molar-refractivity contribution in [2.45, 2.75) is 32.7 Å². The fraction of sp³-hybridized carbons (Fsp3) is 0.615. The van der Waals surface area contributed by atoms with Crippen LogP contribution in [-0.4, -0.2) is 16.3 Å². The monoisotopic (exact) mass is 297 g/mol. The van der Waals surface area contributed by atoms with Crippen LogP contribution >= 0.6 is 15.9 Å². The molecular formula is C13H20BrN3. The van der Waals surface area contributed by atoms with Crippen LogP contribution in [0.2, 0.25) is 0 Å². The summed E-state index contributed by atoms with van der Waals surface area (Å²) in [7, 11) is 2.00. The first kappa shape index (κ1) is 12.8. The van der Waals surface area contributed by atoms with E-state index in [-0.39, 0.29) is 0 Å². The number of nitrogens with one attached hydrogen (secondary N) is 1. The molecule has 1 unspecified atom stereocenters. The highest BCUT2D eigenvalue weighted by molar-refractivity contribution is 9.10. The van der Waals surface area contributed by atoms with Gasteiger partial charge in [0, 0.05) is 13.6 Å². The van der Waals surface area contributed by atoms with Gasteiger partial charge in [0.1, 0.15) is 0 Å². The Morgan fingerprint density at radius 3 is 2.94 bits per heavy atom. The number of halogens is 1. The molecule has 4 heteroatoms. The third-order valence-corrected chi connectivity index (χ3v) is 4.40. The lowest BCUT2D eigenvalue weighted by molar-refractivity contribution is 0.436. The van der Waals surface area contributed by atoms with Gasteiger partial charge in [0.25, 0.3) is 0 Å². The molecule has 1 aliphatic rings. The molecule has 1 N–H and O–H groups in total. The molecule has 0 bridgehead atoms. The molecule has 17 heavy (non-hydrogen) atoms. The second kappa shape index (κ2) is 5.83. The highest BCUT2D eigenvalue weighted by Gasteiger charge is 2.12. The number of nitrogens with zero attached hydrogens (tertiary/aromatic N) is 2. The Balaban J connectivity index is 1.83. The first-order chi connectivity index (χ1) is 8.18. The Labute approximate surface area is 111 Å². The molecule has 0 aromatic carbocycles. The van der Waals surface area contributed by atoms with E-state index >= 15 is 0 Å². The van der Waals surface area contributed by atoms with Gasteiger partial charge in [-0.3, -0.25) is 4.68 Å². The SMILES string of the molecule is Cc1nn(C)c(CNCC2CC=CCC2)c1Br. The van der Waals surface area contributed by atoms with Crippen LogP contribution in [0.25, 0.3) is 0 Å². The molecule has 0 aliphatic heterocycles. The molecule has 0 saturated heterocycles. The smallest absolute Gasteiger partial charge is 0.0739 e. The highest BCUT2D eigenvalue weighted by Crippen LogP contribution is 2.21. The molecule has 1 heterocycles. The third kappa shape index (κ3) is 3.19. The van der Waals surface area contributed by atoms with Crippen LogP contribution in [-0.2, 0) is 13.6 Å². The van der Waals surface area contributed by atoms with Crippen LogP contribution in [0.5, 0.6) is 0 Å². The number of hydrogen-bond acceptors (Lipinski definition) is 2. The van der Waals surface area contributed by atoms with Crippen molar-refractivity contribution in [3.63, 3.8) is 0 Å². The largest absolute Gasteiger partial charge is 0.311 e. The summed E-state index contributed by atoms with van der Waals surface area (Å²) in [4.78, 5) is 0. The van der Waals surface area contributed by atoms with Crippen molar-refractivity contribution in [2.24, 2.45) is 13.0 Å². The second-order valence-electron chi connectivity index (χ2n) is 4.75. The van der Waals surface area contributed by atoms with Crippen LogP contribution in [0, 0.1) is 12.8 Å². The van der Waals surface area contributed by atoms with Crippen LogP contribution in [0.3, 0.4) is 0 Å². The van der Waals surface area contributed by atoms with Gasteiger partial charge in [-0.15, -0.1) is 0 Å². The van der Waals surface area contributed by atoms with Gasteiger partial charge >= 0.3 is 0 Å². The molecule has 2 rings (SSSR count). The van der Waals surface area contributed by atoms with E-state index in [1.54, 1.807) is 0 Å². The number of allylic oxidation sites excluding steroid dienone is 2. The Bertz CT molecular complexity index is 409. The van der Waals surface area contributed by atoms with Gasteiger partial charge in [0.2, 0.25) is 0 Å². The molecule has 0 fully saturated rings. The fourth-order valence-electron chi connectivity index (χ4n) is 2.31. The van der Waals surface area contributed by atoms with E-state index in [1.165, 1.54) is 25.0 Å². The highest BCUT2D eigenvalue weighted by atomic mass is 79.9. The Hall–Kier alpha value is -0.610. The summed E-state index contributed by atoms with van der Waals surface area (Å²) < 4.78 is 3.09. The maximum absolute atomic E-state index is 4.39. The molecule has 1 aromatic rings. The number of hydrogen-bond donors (Lipinski definition) is 1. The van der Waals surface area contributed by atoms with Crippen LogP contribution in [0.15, 0.2) is 16.6 Å². The predicted molar refractivity (Wildman–Crippen MR) is 73.8 cm³/mol. The Morgan fingerprint density at radius 1 is 1.53 bits per heavy atom. The molecule has 94 valence electrons. The Morgan fingerprint density at radius 2 is 2.35 bits per heavy atom. The average molecular weight is 298 g/mol. The molecule has 3 nitrogen and oxygen atoms in total. The maximum atomic E-state index is 4.39. The summed E-state index contributed by atoms with van der Waals surface area (Å²) in [6.07, 6.45) is 8.37. The molecule has 0 amide bonds. The average Bonchev–Trinajstić information content (AvgIpc) is 2.57. The van der Waals surface area contributed by atoms with Gasteiger partial charge in [-0.2, -0.15) is 5.10 Å². The van der Waals surface area contributed by atoms with E-state index < -0.39 is 0 Å². The lowest BCUT2D eigenvalue weighted by Gasteiger charge is -2.18. The van der Waals surface area contributed by atoms with Gasteiger partial charge in [-0.1, -0.05) is 12.2 Å². The summed E-state index contributed by atoms with van der Waals surface area (Å²) in [5, 5.41) is 7.94. The van der Waals surface area contributed by atoms with Gasteiger partial charge in [-0.25, -0.2) is 0 Å². The molecule has 1 atom stereocenters. The van der Waals surface area contributed by atoms with Crippen LogP contribution < -0.4 is 5.32 Å². The number of rotatable bonds is 4. The first-order valence-electron chi connectivity index (χ1n) is 6.22. The van der Waals surface area contributed by atoms with Crippen LogP contribution in [0.1, 0.15) is 30.7 Å². The van der Waals surface area contributed by atoms with E-state index in [0.29, 0.717) is 0 Å². The van der Waals surface area contributed by atoms with E-state index in [4.69, 9.17) is 0 Å². The summed E-state index contributed by atoms with van der Waals surface area (Å²) in [6, 6.07) is 0. The molecule has 1 aromatic heterocycles. The van der Waals surface area contributed by atoms with Crippen LogP contribution in [0.4, 0.5) is 0 Å². The minimum Gasteiger partial charge on any atom is -0.311 e. The van der Waals surface area contributed by atoms with Crippen molar-refractivity contribution >= 4 is 15.9 Å². The lowest BCUT2D eigenvalue weighted by Crippen LogP contribution is -2.24. The molecule has 0 spiro atoms. The zero-order valence-electron chi connectivity index (χ0n) is 10.5. The van der Waals surface area contributed by atoms with E-state index in [9.17, 15) is 0 Å². The van der Waals surface area contributed by atoms with Crippen molar-refractivity contribution in [3.05, 3.63) is 28.0 Å². The van der Waals surface area contributed by atoms with E-state index in [1.807, 2.05) is 18.7 Å². The quantitative estimate of drug-likeness (QED) is 0.866. The van der Waals surface area contributed by atoms with Crippen molar-refractivity contribution < 1.29 is 0 Å². The number of aromatic nitrogens is 2. The maximum Gasteiger partial charge on any atom is 0.0739 e. The summed E-state index contributed by atoms with van der Waals surface area (Å²) in [5.41, 5.74) is 2.29. The summed E-state index contributed by atoms with van der Waals surface area (Å²) >= 11 is 3.59. The summed E-state index contributed by atoms with van der Waals surface area (Å²) in [6.45, 7) is 4.01. The van der Waals surface area contributed by atoms with E-state index in [0.717, 1.165) is 29.2 Å². The zero-order valence-corrected chi connectivity index (χ0v) is 12.1. The molecule has 1 aliphatic carbocycles. The van der Waals surface area contributed by atoms with Gasteiger partial charge in [0.15, 0.2) is 0 Å². The Kier molecular flexibility index (Phi) is 4.40. The van der Waals surface area contributed by atoms with Gasteiger partial charge in [-0.05, 0) is 54.6 Å². The number of aryl methyl sites for hydroxylation is 2. The van der Waals surface area contributed by atoms with E-state index in [2.05, 4.69) is 38.5 Å². The van der Waals surface area contributed by atoms with Crippen molar-refractivity contribution in [2.75, 3.05) is 6.54 Å². The first-order valence-corrected chi connectivity index (χ1v) is 7.01. The topological polar surface area (TPSA) is 29.9 Å². The van der Waals surface area contributed by atoms with Crippen molar-refractivity contribution in [1.82, 2.24) is 15.1 Å². The predicted octanol–water partition coefficient (Wildman–Crippen LogP) is 2.94. The molecular weight excluding hydrogens is 278 g/mol. The zero-order chi connectivity index (χ0) is 12.3. The standard InChI is InChI=1S/C13H20BrN3/c1-10-13(14)12(17(2)16-10)9-15-8-11-6-4-3-5-7-11/h3-4,11,15H,5-9H2,1-2H3. The van der Waals surface area contributed by atoms with Crippen molar-refractivity contribution in [1.29, 1.82) is 0 Å². The molecule has 0 saturated carbocycles. The normalized spacial score (nSPS) is 19.8. The fourth-order valence-corrected chi connectivity index (χ4v) is 2.78. The lowest BCUT2D eigenvalue weighted by atomic mass is 9.94. The van der Waals surface area contributed by atoms with Gasteiger partial charge in [0.05, 0.1) is 15.9 Å². The second-order valence-corrected chi connectivity index (χ2v) is 5.54. The molecule has 0 radical (unpaired) electrons. The summed E-state index contributed by atoms with van der Waals surface area (Å²) in [5.74, 6) is 0.799. The minimum atomic E-state index is 0.799.